The molecular weight excluding hydrogens is 288 g/mol. The van der Waals surface area contributed by atoms with Gasteiger partial charge in [0.05, 0.1) is 0 Å². The Bertz CT molecular complexity index is 596. The van der Waals surface area contributed by atoms with Crippen molar-refractivity contribution in [2.45, 2.75) is 13.8 Å². The van der Waals surface area contributed by atoms with Crippen LogP contribution in [0.2, 0.25) is 5.02 Å². The largest absolute Gasteiger partial charge is 0.332 e. The van der Waals surface area contributed by atoms with Gasteiger partial charge >= 0.3 is 0 Å². The number of benzene rings is 2. The fourth-order valence-corrected chi connectivity index (χ4v) is 2.49. The van der Waals surface area contributed by atoms with Gasteiger partial charge in [0, 0.05) is 22.9 Å². The highest BCUT2D eigenvalue weighted by atomic mass is 35.5. The zero-order chi connectivity index (χ0) is 14.5. The molecule has 0 amide bonds. The van der Waals surface area contributed by atoms with Crippen LogP contribution in [0, 0.1) is 6.92 Å². The van der Waals surface area contributed by atoms with E-state index in [9.17, 15) is 0 Å². The quantitative estimate of drug-likeness (QED) is 0.814. The highest BCUT2D eigenvalue weighted by molar-refractivity contribution is 7.80. The normalized spacial score (nSPS) is 10.2. The van der Waals surface area contributed by atoms with Crippen LogP contribution in [-0.4, -0.2) is 11.7 Å². The van der Waals surface area contributed by atoms with Crippen molar-refractivity contribution < 1.29 is 0 Å². The SMILES string of the molecule is CCN(C(=S)Nc1ccc(Cl)cc1)c1ccccc1C. The second kappa shape index (κ2) is 6.73. The molecule has 104 valence electrons. The summed E-state index contributed by atoms with van der Waals surface area (Å²) in [7, 11) is 0. The number of halogens is 1. The molecular formula is C16H17ClN2S. The van der Waals surface area contributed by atoms with Crippen molar-refractivity contribution in [2.24, 2.45) is 0 Å². The van der Waals surface area contributed by atoms with Crippen LogP contribution in [0.25, 0.3) is 0 Å². The van der Waals surface area contributed by atoms with Gasteiger partial charge in [-0.25, -0.2) is 0 Å². The third-order valence-corrected chi connectivity index (χ3v) is 3.64. The Labute approximate surface area is 130 Å². The maximum absolute atomic E-state index is 5.88. The zero-order valence-electron chi connectivity index (χ0n) is 11.6. The third kappa shape index (κ3) is 3.50. The zero-order valence-corrected chi connectivity index (χ0v) is 13.1. The van der Waals surface area contributed by atoms with Gasteiger partial charge in [-0.3, -0.25) is 0 Å². The fourth-order valence-electron chi connectivity index (χ4n) is 2.01. The summed E-state index contributed by atoms with van der Waals surface area (Å²) in [5, 5.41) is 4.64. The number of aryl methyl sites for hydroxylation is 1. The van der Waals surface area contributed by atoms with Crippen LogP contribution in [0.1, 0.15) is 12.5 Å². The lowest BCUT2D eigenvalue weighted by Gasteiger charge is -2.26. The van der Waals surface area contributed by atoms with Gasteiger partial charge in [-0.05, 0) is 62.0 Å². The lowest BCUT2D eigenvalue weighted by Crippen LogP contribution is -2.35. The number of rotatable bonds is 3. The van der Waals surface area contributed by atoms with Crippen LogP contribution in [-0.2, 0) is 0 Å². The highest BCUT2D eigenvalue weighted by Crippen LogP contribution is 2.21. The predicted octanol–water partition coefficient (Wildman–Crippen LogP) is 4.87. The van der Waals surface area contributed by atoms with Crippen molar-refractivity contribution in [3.05, 3.63) is 59.1 Å². The topological polar surface area (TPSA) is 15.3 Å². The van der Waals surface area contributed by atoms with E-state index in [1.54, 1.807) is 0 Å². The molecule has 2 nitrogen and oxygen atoms in total. The average molecular weight is 305 g/mol. The molecule has 4 heteroatoms. The maximum Gasteiger partial charge on any atom is 0.177 e. The standard InChI is InChI=1S/C16H17ClN2S/c1-3-19(15-7-5-4-6-12(15)2)16(20)18-14-10-8-13(17)9-11-14/h4-11H,3H2,1-2H3,(H,18,20). The Morgan fingerprint density at radius 3 is 2.40 bits per heavy atom. The van der Waals surface area contributed by atoms with Gasteiger partial charge in [0.15, 0.2) is 5.11 Å². The first-order chi connectivity index (χ1) is 9.61. The van der Waals surface area contributed by atoms with Crippen molar-refractivity contribution >= 4 is 40.3 Å². The number of hydrogen-bond acceptors (Lipinski definition) is 1. The summed E-state index contributed by atoms with van der Waals surface area (Å²) < 4.78 is 0. The summed E-state index contributed by atoms with van der Waals surface area (Å²) in [5.74, 6) is 0. The number of anilines is 2. The molecule has 0 aromatic heterocycles. The molecule has 0 spiro atoms. The number of hydrogen-bond donors (Lipinski definition) is 1. The van der Waals surface area contributed by atoms with Crippen molar-refractivity contribution in [1.29, 1.82) is 0 Å². The molecule has 2 aromatic carbocycles. The number of nitrogens with zero attached hydrogens (tertiary/aromatic N) is 1. The van der Waals surface area contributed by atoms with E-state index in [1.807, 2.05) is 36.4 Å². The molecule has 2 rings (SSSR count). The Morgan fingerprint density at radius 2 is 1.80 bits per heavy atom. The molecule has 0 atom stereocenters. The molecule has 0 bridgehead atoms. The lowest BCUT2D eigenvalue weighted by atomic mass is 10.2. The molecule has 0 aliphatic carbocycles. The van der Waals surface area contributed by atoms with E-state index >= 15 is 0 Å². The summed E-state index contributed by atoms with van der Waals surface area (Å²) in [6.07, 6.45) is 0. The van der Waals surface area contributed by atoms with Gasteiger partial charge in [0.1, 0.15) is 0 Å². The highest BCUT2D eigenvalue weighted by Gasteiger charge is 2.12. The molecule has 1 N–H and O–H groups in total. The minimum atomic E-state index is 0.684. The number of para-hydroxylation sites is 1. The predicted molar refractivity (Wildman–Crippen MR) is 91.9 cm³/mol. The molecule has 0 aliphatic heterocycles. The second-order valence-electron chi connectivity index (χ2n) is 4.47. The molecule has 20 heavy (non-hydrogen) atoms. The molecule has 0 unspecified atom stereocenters. The van der Waals surface area contributed by atoms with Crippen LogP contribution >= 0.6 is 23.8 Å². The van der Waals surface area contributed by atoms with Crippen molar-refractivity contribution in [1.82, 2.24) is 0 Å². The molecule has 0 aliphatic rings. The van der Waals surface area contributed by atoms with E-state index < -0.39 is 0 Å². The Morgan fingerprint density at radius 1 is 1.15 bits per heavy atom. The molecule has 0 heterocycles. The van der Waals surface area contributed by atoms with Crippen LogP contribution in [0.3, 0.4) is 0 Å². The van der Waals surface area contributed by atoms with Gasteiger partial charge < -0.3 is 10.2 Å². The molecule has 2 aromatic rings. The lowest BCUT2D eigenvalue weighted by molar-refractivity contribution is 1.06. The van der Waals surface area contributed by atoms with E-state index in [0.717, 1.165) is 17.9 Å². The van der Waals surface area contributed by atoms with Gasteiger partial charge in [0.25, 0.3) is 0 Å². The van der Waals surface area contributed by atoms with E-state index in [1.165, 1.54) is 5.56 Å². The van der Waals surface area contributed by atoms with Crippen LogP contribution < -0.4 is 10.2 Å². The average Bonchev–Trinajstić information content (AvgIpc) is 2.44. The monoisotopic (exact) mass is 304 g/mol. The van der Waals surface area contributed by atoms with E-state index in [2.05, 4.69) is 36.2 Å². The van der Waals surface area contributed by atoms with Crippen LogP contribution in [0.15, 0.2) is 48.5 Å². The first-order valence-electron chi connectivity index (χ1n) is 6.51. The van der Waals surface area contributed by atoms with E-state index in [0.29, 0.717) is 10.1 Å². The molecule has 0 radical (unpaired) electrons. The van der Waals surface area contributed by atoms with E-state index in [4.69, 9.17) is 23.8 Å². The van der Waals surface area contributed by atoms with Crippen LogP contribution in [0.5, 0.6) is 0 Å². The smallest absolute Gasteiger partial charge is 0.177 e. The number of thiocarbonyl (C=S) groups is 1. The summed E-state index contributed by atoms with van der Waals surface area (Å²) in [6, 6.07) is 15.7. The van der Waals surface area contributed by atoms with Gasteiger partial charge in [0.2, 0.25) is 0 Å². The molecule has 0 saturated heterocycles. The van der Waals surface area contributed by atoms with Crippen LogP contribution in [0.4, 0.5) is 11.4 Å². The summed E-state index contributed by atoms with van der Waals surface area (Å²) in [5.41, 5.74) is 3.27. The first kappa shape index (κ1) is 14.8. The maximum atomic E-state index is 5.88. The van der Waals surface area contributed by atoms with Crippen molar-refractivity contribution in [3.63, 3.8) is 0 Å². The van der Waals surface area contributed by atoms with Crippen molar-refractivity contribution in [3.8, 4) is 0 Å². The van der Waals surface area contributed by atoms with Gasteiger partial charge in [-0.1, -0.05) is 29.8 Å². The number of nitrogens with one attached hydrogen (secondary N) is 1. The Balaban J connectivity index is 2.18. The summed E-state index contributed by atoms with van der Waals surface area (Å²) in [6.45, 7) is 4.98. The molecule has 0 saturated carbocycles. The summed E-state index contributed by atoms with van der Waals surface area (Å²) >= 11 is 11.4. The Hall–Kier alpha value is -1.58. The Kier molecular flexibility index (Phi) is 4.99. The van der Waals surface area contributed by atoms with E-state index in [-0.39, 0.29) is 0 Å². The second-order valence-corrected chi connectivity index (χ2v) is 5.29. The fraction of sp³-hybridized carbons (Fsp3) is 0.188. The minimum Gasteiger partial charge on any atom is -0.332 e. The van der Waals surface area contributed by atoms with Crippen molar-refractivity contribution in [2.75, 3.05) is 16.8 Å². The summed E-state index contributed by atoms with van der Waals surface area (Å²) in [4.78, 5) is 2.08. The minimum absolute atomic E-state index is 0.684. The first-order valence-corrected chi connectivity index (χ1v) is 7.30. The third-order valence-electron chi connectivity index (χ3n) is 3.06. The molecule has 0 fully saturated rings. The van der Waals surface area contributed by atoms with Gasteiger partial charge in [-0.15, -0.1) is 0 Å². The van der Waals surface area contributed by atoms with Gasteiger partial charge in [-0.2, -0.15) is 0 Å².